The average molecular weight is 539 g/mol. The zero-order valence-corrected chi connectivity index (χ0v) is 22.1. The standard InChI is InChI=1S/C28H26N8S2/c1-5-13-23(14-6-1)29-33-27(34-30-24-15-7-2-8-16-24)37-21-22-38-28(35-31-25-17-9-3-10-18-25)36-32-26-19-11-4-12-20-26/h1-20,29,31H,21-22H2/b33-27+,34-30?,35-28?,36-32?. The highest BCUT2D eigenvalue weighted by Crippen LogP contribution is 2.19. The molecule has 0 aliphatic heterocycles. The number of hydrogen-bond donors (Lipinski definition) is 2. The predicted octanol–water partition coefficient (Wildman–Crippen LogP) is 8.79. The number of nitrogens with one attached hydrogen (secondary N) is 2. The Hall–Kier alpha value is -4.28. The first-order valence-corrected chi connectivity index (χ1v) is 13.8. The third-order valence-corrected chi connectivity index (χ3v) is 6.61. The Morgan fingerprint density at radius 2 is 0.816 bits per heavy atom. The van der Waals surface area contributed by atoms with Crippen molar-refractivity contribution in [2.45, 2.75) is 0 Å². The fourth-order valence-electron chi connectivity index (χ4n) is 2.87. The molecule has 4 aromatic rings. The van der Waals surface area contributed by atoms with E-state index in [1.807, 2.05) is 121 Å². The van der Waals surface area contributed by atoms with Gasteiger partial charge < -0.3 is 0 Å². The maximum atomic E-state index is 4.45. The summed E-state index contributed by atoms with van der Waals surface area (Å²) in [5.74, 6) is 1.41. The molecule has 2 N–H and O–H groups in total. The molecule has 0 radical (unpaired) electrons. The van der Waals surface area contributed by atoms with Gasteiger partial charge in [0.2, 0.25) is 10.3 Å². The first kappa shape index (κ1) is 26.8. The second-order valence-corrected chi connectivity index (χ2v) is 9.64. The van der Waals surface area contributed by atoms with Gasteiger partial charge in [0, 0.05) is 11.5 Å². The molecular weight excluding hydrogens is 512 g/mol. The van der Waals surface area contributed by atoms with Crippen molar-refractivity contribution in [3.8, 4) is 0 Å². The summed E-state index contributed by atoms with van der Waals surface area (Å²) in [5, 5.41) is 27.3. The van der Waals surface area contributed by atoms with Gasteiger partial charge in [-0.2, -0.15) is 0 Å². The highest BCUT2D eigenvalue weighted by Gasteiger charge is 2.05. The fraction of sp³-hybridized carbons (Fsp3) is 0.0714. The van der Waals surface area contributed by atoms with E-state index >= 15 is 0 Å². The van der Waals surface area contributed by atoms with Crippen molar-refractivity contribution in [1.29, 1.82) is 0 Å². The lowest BCUT2D eigenvalue weighted by Gasteiger charge is -2.04. The second-order valence-electron chi connectivity index (χ2n) is 7.51. The number of hydrazone groups is 2. The summed E-state index contributed by atoms with van der Waals surface area (Å²) in [6.07, 6.45) is 0. The van der Waals surface area contributed by atoms with Gasteiger partial charge in [0.25, 0.3) is 0 Å². The Balaban J connectivity index is 1.39. The molecular formula is C28H26N8S2. The van der Waals surface area contributed by atoms with E-state index in [-0.39, 0.29) is 0 Å². The molecule has 38 heavy (non-hydrogen) atoms. The van der Waals surface area contributed by atoms with Crippen LogP contribution in [-0.4, -0.2) is 21.8 Å². The molecule has 4 rings (SSSR count). The van der Waals surface area contributed by atoms with Crippen molar-refractivity contribution < 1.29 is 0 Å². The monoisotopic (exact) mass is 538 g/mol. The zero-order valence-electron chi connectivity index (χ0n) is 20.5. The summed E-state index contributed by atoms with van der Waals surface area (Å²) in [4.78, 5) is 0. The highest BCUT2D eigenvalue weighted by atomic mass is 32.2. The molecule has 0 aliphatic rings. The lowest BCUT2D eigenvalue weighted by Crippen LogP contribution is -2.00. The first-order chi connectivity index (χ1) is 18.8. The normalized spacial score (nSPS) is 12.2. The Bertz CT molecular complexity index is 1240. The van der Waals surface area contributed by atoms with Crippen molar-refractivity contribution in [3.05, 3.63) is 121 Å². The van der Waals surface area contributed by atoms with Crippen LogP contribution in [0.15, 0.2) is 152 Å². The molecule has 10 heteroatoms. The van der Waals surface area contributed by atoms with Crippen LogP contribution in [-0.2, 0) is 0 Å². The fourth-order valence-corrected chi connectivity index (χ4v) is 4.32. The van der Waals surface area contributed by atoms with Crippen LogP contribution in [0.1, 0.15) is 0 Å². The highest BCUT2D eigenvalue weighted by molar-refractivity contribution is 8.17. The second kappa shape index (κ2) is 15.7. The molecule has 0 amide bonds. The molecule has 0 spiro atoms. The van der Waals surface area contributed by atoms with Crippen LogP contribution in [0.2, 0.25) is 0 Å². The molecule has 0 aliphatic carbocycles. The number of para-hydroxylation sites is 2. The molecule has 0 heterocycles. The van der Waals surface area contributed by atoms with E-state index in [0.29, 0.717) is 21.8 Å². The van der Waals surface area contributed by atoms with E-state index in [0.717, 1.165) is 22.7 Å². The van der Waals surface area contributed by atoms with Crippen molar-refractivity contribution in [3.63, 3.8) is 0 Å². The third kappa shape index (κ3) is 10.00. The molecule has 0 saturated carbocycles. The number of hydrogen-bond acceptors (Lipinski definition) is 8. The quantitative estimate of drug-likeness (QED) is 0.0731. The number of benzene rings is 4. The van der Waals surface area contributed by atoms with E-state index in [4.69, 9.17) is 0 Å². The van der Waals surface area contributed by atoms with E-state index in [2.05, 4.69) is 41.5 Å². The number of rotatable bonds is 9. The number of amidine groups is 2. The average Bonchev–Trinajstić information content (AvgIpc) is 2.99. The smallest absolute Gasteiger partial charge is 0.227 e. The van der Waals surface area contributed by atoms with E-state index in [1.165, 1.54) is 23.5 Å². The van der Waals surface area contributed by atoms with Crippen LogP contribution < -0.4 is 10.9 Å². The Labute approximate surface area is 230 Å². The summed E-state index contributed by atoms with van der Waals surface area (Å²) in [5.41, 5.74) is 9.36. The maximum absolute atomic E-state index is 4.45. The van der Waals surface area contributed by atoms with Crippen molar-refractivity contribution in [2.75, 3.05) is 22.4 Å². The minimum atomic E-state index is 0.519. The summed E-state index contributed by atoms with van der Waals surface area (Å²) < 4.78 is 0. The van der Waals surface area contributed by atoms with Gasteiger partial charge in [-0.1, -0.05) is 96.3 Å². The van der Waals surface area contributed by atoms with Crippen LogP contribution in [0.5, 0.6) is 0 Å². The predicted molar refractivity (Wildman–Crippen MR) is 162 cm³/mol. The van der Waals surface area contributed by atoms with Crippen molar-refractivity contribution in [1.82, 2.24) is 0 Å². The number of nitrogens with zero attached hydrogens (tertiary/aromatic N) is 6. The van der Waals surface area contributed by atoms with Gasteiger partial charge in [-0.3, -0.25) is 10.9 Å². The van der Waals surface area contributed by atoms with Crippen LogP contribution in [0, 0.1) is 0 Å². The van der Waals surface area contributed by atoms with Crippen LogP contribution in [0.3, 0.4) is 0 Å². The third-order valence-electron chi connectivity index (χ3n) is 4.67. The summed E-state index contributed by atoms with van der Waals surface area (Å²) >= 11 is 2.98. The molecule has 4 aromatic carbocycles. The van der Waals surface area contributed by atoms with Gasteiger partial charge in [0.1, 0.15) is 0 Å². The van der Waals surface area contributed by atoms with E-state index in [1.54, 1.807) is 0 Å². The molecule has 190 valence electrons. The number of azo groups is 2. The summed E-state index contributed by atoms with van der Waals surface area (Å²) in [7, 11) is 0. The topological polar surface area (TPSA) is 98.2 Å². The van der Waals surface area contributed by atoms with Crippen LogP contribution >= 0.6 is 23.5 Å². The van der Waals surface area contributed by atoms with Crippen LogP contribution in [0.4, 0.5) is 22.7 Å². The largest absolute Gasteiger partial charge is 0.276 e. The molecule has 0 atom stereocenters. The van der Waals surface area contributed by atoms with Gasteiger partial charge in [-0.25, -0.2) is 0 Å². The van der Waals surface area contributed by atoms with Gasteiger partial charge in [0.05, 0.1) is 22.7 Å². The van der Waals surface area contributed by atoms with Gasteiger partial charge in [0.15, 0.2) is 0 Å². The van der Waals surface area contributed by atoms with Gasteiger partial charge >= 0.3 is 0 Å². The summed E-state index contributed by atoms with van der Waals surface area (Å²) in [6.45, 7) is 0. The zero-order chi connectivity index (χ0) is 26.1. The Morgan fingerprint density at radius 3 is 1.18 bits per heavy atom. The number of thioether (sulfide) groups is 2. The number of anilines is 2. The molecule has 0 bridgehead atoms. The maximum Gasteiger partial charge on any atom is 0.227 e. The molecule has 0 unspecified atom stereocenters. The first-order valence-electron chi connectivity index (χ1n) is 11.8. The van der Waals surface area contributed by atoms with E-state index < -0.39 is 0 Å². The van der Waals surface area contributed by atoms with E-state index in [9.17, 15) is 0 Å². The Kier molecular flexibility index (Phi) is 11.1. The SMILES string of the molecule is c1ccc(N=NC(=NNc2ccccc2)SCCS/C(N=Nc2ccccc2)=N/Nc2ccccc2)cc1. The minimum absolute atomic E-state index is 0.519. The lowest BCUT2D eigenvalue weighted by molar-refractivity contribution is 1.25. The molecule has 0 saturated heterocycles. The summed E-state index contributed by atoms with van der Waals surface area (Å²) in [6, 6.07) is 38.6. The Morgan fingerprint density at radius 1 is 0.474 bits per heavy atom. The molecule has 8 nitrogen and oxygen atoms in total. The molecule has 0 fully saturated rings. The lowest BCUT2D eigenvalue weighted by atomic mass is 10.3. The van der Waals surface area contributed by atoms with Crippen molar-refractivity contribution in [2.24, 2.45) is 30.7 Å². The van der Waals surface area contributed by atoms with Crippen LogP contribution in [0.25, 0.3) is 0 Å². The van der Waals surface area contributed by atoms with Crippen molar-refractivity contribution >= 4 is 56.6 Å². The van der Waals surface area contributed by atoms with Gasteiger partial charge in [-0.15, -0.1) is 30.7 Å². The van der Waals surface area contributed by atoms with Gasteiger partial charge in [-0.05, 0) is 48.5 Å². The molecule has 0 aromatic heterocycles. The minimum Gasteiger partial charge on any atom is -0.276 e.